The largest absolute Gasteiger partial charge is 0.414 e. The predicted molar refractivity (Wildman–Crippen MR) is 142 cm³/mol. The fourth-order valence-corrected chi connectivity index (χ4v) is 4.28. The van der Waals surface area contributed by atoms with Gasteiger partial charge in [-0.25, -0.2) is 0 Å². The van der Waals surface area contributed by atoms with Crippen molar-refractivity contribution in [1.82, 2.24) is 0 Å². The molecule has 0 radical (unpaired) electrons. The van der Waals surface area contributed by atoms with Gasteiger partial charge < -0.3 is 33.3 Å². The van der Waals surface area contributed by atoms with Gasteiger partial charge >= 0.3 is 0 Å². The predicted octanol–water partition coefficient (Wildman–Crippen LogP) is 4.73. The van der Waals surface area contributed by atoms with E-state index < -0.39 is 32.7 Å². The lowest BCUT2D eigenvalue weighted by Crippen LogP contribution is -2.52. The summed E-state index contributed by atoms with van der Waals surface area (Å²) in [7, 11) is -0.683. The molecule has 8 heteroatoms. The van der Waals surface area contributed by atoms with E-state index in [4.69, 9.17) is 23.4 Å². The molecular weight excluding hydrogens is 476 g/mol. The molecule has 0 amide bonds. The van der Waals surface area contributed by atoms with E-state index >= 15 is 0 Å². The van der Waals surface area contributed by atoms with Gasteiger partial charge in [0.15, 0.2) is 14.6 Å². The van der Waals surface area contributed by atoms with Crippen molar-refractivity contribution in [3.05, 3.63) is 71.8 Å². The molecule has 2 rings (SSSR count). The molecular formula is C28H42O7Si. The van der Waals surface area contributed by atoms with Gasteiger partial charge in [0.2, 0.25) is 0 Å². The molecule has 0 aromatic heterocycles. The second kappa shape index (κ2) is 14.7. The highest BCUT2D eigenvalue weighted by atomic mass is 28.4. The third-order valence-corrected chi connectivity index (χ3v) is 11.1. The van der Waals surface area contributed by atoms with Gasteiger partial charge in [-0.05, 0) is 29.3 Å². The van der Waals surface area contributed by atoms with Crippen LogP contribution in [-0.4, -0.2) is 64.6 Å². The van der Waals surface area contributed by atoms with E-state index in [-0.39, 0.29) is 25.0 Å². The van der Waals surface area contributed by atoms with Gasteiger partial charge in [0.05, 0.1) is 19.8 Å². The standard InChI is InChI=1S/C28H42O7Si/c1-28(2,3)36(5,6)35-20-25(32-18-22-13-9-7-10-14-22)27(26(30)24(17-29)34-21-31-4)33-19-23-15-11-8-12-16-23/h7-17,24-27,30H,18-21H2,1-6H3/t24-,25-,26+,27-/m1/s1. The number of carbonyl (C=O) groups excluding carboxylic acids is 1. The number of hydrogen-bond donors (Lipinski definition) is 1. The Morgan fingerprint density at radius 1 is 0.889 bits per heavy atom. The SMILES string of the molecule is COCO[C@H](C=O)[C@H](O)[C@H](OCc1ccccc1)[C@@H](CO[Si](C)(C)C(C)(C)C)OCc1ccccc1. The molecule has 200 valence electrons. The number of benzene rings is 2. The van der Waals surface area contributed by atoms with E-state index in [9.17, 15) is 9.90 Å². The van der Waals surface area contributed by atoms with Crippen molar-refractivity contribution in [3.63, 3.8) is 0 Å². The van der Waals surface area contributed by atoms with E-state index in [1.807, 2.05) is 60.7 Å². The molecule has 0 saturated carbocycles. The summed E-state index contributed by atoms with van der Waals surface area (Å²) in [5.74, 6) is 0. The van der Waals surface area contributed by atoms with Gasteiger partial charge in [-0.3, -0.25) is 0 Å². The zero-order chi connectivity index (χ0) is 26.6. The lowest BCUT2D eigenvalue weighted by molar-refractivity contribution is -0.186. The van der Waals surface area contributed by atoms with E-state index in [1.165, 1.54) is 7.11 Å². The zero-order valence-electron chi connectivity index (χ0n) is 22.4. The van der Waals surface area contributed by atoms with Crippen LogP contribution in [0.2, 0.25) is 18.1 Å². The van der Waals surface area contributed by atoms with Crippen LogP contribution in [0.15, 0.2) is 60.7 Å². The minimum absolute atomic E-state index is 0.0110. The lowest BCUT2D eigenvalue weighted by Gasteiger charge is -2.39. The van der Waals surface area contributed by atoms with E-state index in [0.29, 0.717) is 12.9 Å². The molecule has 2 aromatic rings. The van der Waals surface area contributed by atoms with Crippen molar-refractivity contribution in [2.45, 2.75) is 76.5 Å². The van der Waals surface area contributed by atoms with E-state index in [0.717, 1.165) is 11.1 Å². The second-order valence-corrected chi connectivity index (χ2v) is 15.1. The van der Waals surface area contributed by atoms with Crippen LogP contribution in [-0.2, 0) is 41.4 Å². The van der Waals surface area contributed by atoms with Gasteiger partial charge in [0, 0.05) is 7.11 Å². The highest BCUT2D eigenvalue weighted by Crippen LogP contribution is 2.37. The molecule has 7 nitrogen and oxygen atoms in total. The number of aliphatic hydroxyl groups excluding tert-OH is 1. The average molecular weight is 519 g/mol. The number of carbonyl (C=O) groups is 1. The van der Waals surface area contributed by atoms with Gasteiger partial charge in [0.1, 0.15) is 31.2 Å². The van der Waals surface area contributed by atoms with Crippen LogP contribution < -0.4 is 0 Å². The summed E-state index contributed by atoms with van der Waals surface area (Å²) >= 11 is 0. The number of hydrogen-bond acceptors (Lipinski definition) is 7. The minimum atomic E-state index is -2.14. The molecule has 2 aromatic carbocycles. The number of methoxy groups -OCH3 is 1. The van der Waals surface area contributed by atoms with Crippen LogP contribution in [0.25, 0.3) is 0 Å². The summed E-state index contributed by atoms with van der Waals surface area (Å²) in [5, 5.41) is 11.3. The normalized spacial score (nSPS) is 15.8. The molecule has 36 heavy (non-hydrogen) atoms. The number of ether oxygens (including phenoxy) is 4. The van der Waals surface area contributed by atoms with Crippen LogP contribution in [0.5, 0.6) is 0 Å². The molecule has 0 fully saturated rings. The summed E-state index contributed by atoms with van der Waals surface area (Å²) in [4.78, 5) is 11.8. The topological polar surface area (TPSA) is 83.5 Å². The van der Waals surface area contributed by atoms with Crippen LogP contribution in [0.3, 0.4) is 0 Å². The first-order chi connectivity index (χ1) is 17.1. The van der Waals surface area contributed by atoms with E-state index in [2.05, 4.69) is 33.9 Å². The molecule has 0 bridgehead atoms. The van der Waals surface area contributed by atoms with Gasteiger partial charge in [0.25, 0.3) is 0 Å². The summed E-state index contributed by atoms with van der Waals surface area (Å²) in [6.45, 7) is 11.4. The van der Waals surface area contributed by atoms with Crippen molar-refractivity contribution < 1.29 is 33.3 Å². The third kappa shape index (κ3) is 9.52. The first-order valence-electron chi connectivity index (χ1n) is 12.3. The molecule has 1 N–H and O–H groups in total. The maximum atomic E-state index is 11.8. The quantitative estimate of drug-likeness (QED) is 0.195. The van der Waals surface area contributed by atoms with Crippen molar-refractivity contribution in [2.24, 2.45) is 0 Å². The molecule has 0 aliphatic carbocycles. The molecule has 0 aliphatic heterocycles. The molecule has 4 atom stereocenters. The van der Waals surface area contributed by atoms with Crippen LogP contribution in [0.4, 0.5) is 0 Å². The highest BCUT2D eigenvalue weighted by molar-refractivity contribution is 6.74. The minimum Gasteiger partial charge on any atom is -0.414 e. The molecule has 0 unspecified atom stereocenters. The second-order valence-electron chi connectivity index (χ2n) is 10.3. The number of aliphatic hydroxyl groups is 1. The molecule has 0 spiro atoms. The Labute approximate surface area is 216 Å². The van der Waals surface area contributed by atoms with Crippen LogP contribution >= 0.6 is 0 Å². The van der Waals surface area contributed by atoms with Crippen molar-refractivity contribution >= 4 is 14.6 Å². The summed E-state index contributed by atoms with van der Waals surface area (Å²) in [5.41, 5.74) is 1.91. The van der Waals surface area contributed by atoms with Gasteiger partial charge in [-0.2, -0.15) is 0 Å². The van der Waals surface area contributed by atoms with E-state index in [1.54, 1.807) is 0 Å². The molecule has 0 saturated heterocycles. The molecule has 0 heterocycles. The first-order valence-corrected chi connectivity index (χ1v) is 15.2. The lowest BCUT2D eigenvalue weighted by atomic mass is 10.0. The monoisotopic (exact) mass is 518 g/mol. The Balaban J connectivity index is 2.32. The Morgan fingerprint density at radius 2 is 1.42 bits per heavy atom. The Kier molecular flexibility index (Phi) is 12.4. The van der Waals surface area contributed by atoms with Crippen molar-refractivity contribution in [2.75, 3.05) is 20.5 Å². The van der Waals surface area contributed by atoms with Crippen molar-refractivity contribution in [1.29, 1.82) is 0 Å². The molecule has 0 aliphatic rings. The number of aldehydes is 1. The highest BCUT2D eigenvalue weighted by Gasteiger charge is 2.41. The first kappa shape index (κ1) is 30.3. The smallest absolute Gasteiger partial charge is 0.192 e. The van der Waals surface area contributed by atoms with Gasteiger partial charge in [-0.1, -0.05) is 81.4 Å². The third-order valence-electron chi connectivity index (χ3n) is 6.56. The zero-order valence-corrected chi connectivity index (χ0v) is 23.4. The maximum Gasteiger partial charge on any atom is 0.192 e. The van der Waals surface area contributed by atoms with Crippen LogP contribution in [0, 0.1) is 0 Å². The Bertz CT molecular complexity index is 870. The Morgan fingerprint density at radius 3 is 1.89 bits per heavy atom. The fraction of sp³-hybridized carbons (Fsp3) is 0.536. The van der Waals surface area contributed by atoms with Gasteiger partial charge in [-0.15, -0.1) is 0 Å². The number of rotatable bonds is 16. The van der Waals surface area contributed by atoms with Crippen molar-refractivity contribution in [3.8, 4) is 0 Å². The average Bonchev–Trinajstić information content (AvgIpc) is 2.86. The van der Waals surface area contributed by atoms with Crippen LogP contribution in [0.1, 0.15) is 31.9 Å². The Hall–Kier alpha value is -1.91. The fourth-order valence-electron chi connectivity index (χ4n) is 3.27. The summed E-state index contributed by atoms with van der Waals surface area (Å²) < 4.78 is 29.4. The summed E-state index contributed by atoms with van der Waals surface area (Å²) in [6.07, 6.45) is -3.45. The summed E-state index contributed by atoms with van der Waals surface area (Å²) in [6, 6.07) is 19.4. The maximum absolute atomic E-state index is 11.8.